The van der Waals surface area contributed by atoms with Gasteiger partial charge in [0, 0.05) is 12.8 Å². The van der Waals surface area contributed by atoms with E-state index in [9.17, 15) is 13.2 Å². The van der Waals surface area contributed by atoms with Gasteiger partial charge in [-0.3, -0.25) is 4.79 Å². The number of rotatable bonds is 6. The van der Waals surface area contributed by atoms with Crippen molar-refractivity contribution in [3.63, 3.8) is 0 Å². The standard InChI is InChI=1S/C7H15NO4S/c1-3-6(7(9)10)8-4-5-13(2,11)12/h6,8H,3-5H2,1-2H3,(H,9,10). The van der Waals surface area contributed by atoms with Gasteiger partial charge < -0.3 is 10.4 Å². The Morgan fingerprint density at radius 1 is 1.54 bits per heavy atom. The van der Waals surface area contributed by atoms with Crippen LogP contribution in [0.15, 0.2) is 0 Å². The zero-order valence-electron chi connectivity index (χ0n) is 7.78. The van der Waals surface area contributed by atoms with Crippen LogP contribution >= 0.6 is 0 Å². The number of nitrogens with one attached hydrogen (secondary N) is 1. The van der Waals surface area contributed by atoms with Crippen LogP contribution in [-0.4, -0.2) is 44.1 Å². The number of aliphatic carboxylic acids is 1. The lowest BCUT2D eigenvalue weighted by atomic mass is 10.2. The van der Waals surface area contributed by atoms with Gasteiger partial charge in [-0.1, -0.05) is 6.92 Å². The van der Waals surface area contributed by atoms with Gasteiger partial charge in [-0.25, -0.2) is 8.42 Å². The van der Waals surface area contributed by atoms with Crippen LogP contribution in [0.4, 0.5) is 0 Å². The molecule has 0 aromatic rings. The van der Waals surface area contributed by atoms with Crippen molar-refractivity contribution in [2.45, 2.75) is 19.4 Å². The highest BCUT2D eigenvalue weighted by molar-refractivity contribution is 7.90. The second-order valence-corrected chi connectivity index (χ2v) is 5.14. The van der Waals surface area contributed by atoms with Crippen molar-refractivity contribution in [2.24, 2.45) is 0 Å². The minimum absolute atomic E-state index is 0.0310. The maximum atomic E-state index is 10.7. The molecular formula is C7H15NO4S. The average molecular weight is 209 g/mol. The monoisotopic (exact) mass is 209 g/mol. The Bertz CT molecular complexity index is 260. The predicted molar refractivity (Wildman–Crippen MR) is 49.4 cm³/mol. The van der Waals surface area contributed by atoms with Crippen molar-refractivity contribution in [1.29, 1.82) is 0 Å². The minimum atomic E-state index is -3.01. The van der Waals surface area contributed by atoms with E-state index >= 15 is 0 Å². The number of carboxylic acid groups (broad SMARTS) is 1. The summed E-state index contributed by atoms with van der Waals surface area (Å²) in [5.41, 5.74) is 0. The van der Waals surface area contributed by atoms with Crippen molar-refractivity contribution in [2.75, 3.05) is 18.6 Å². The Hall–Kier alpha value is -0.620. The van der Waals surface area contributed by atoms with Crippen molar-refractivity contribution in [3.8, 4) is 0 Å². The van der Waals surface area contributed by atoms with E-state index in [4.69, 9.17) is 5.11 Å². The van der Waals surface area contributed by atoms with E-state index in [1.807, 2.05) is 0 Å². The van der Waals surface area contributed by atoms with E-state index in [-0.39, 0.29) is 12.3 Å². The van der Waals surface area contributed by atoms with E-state index in [1.54, 1.807) is 6.92 Å². The van der Waals surface area contributed by atoms with Gasteiger partial charge in [-0.2, -0.15) is 0 Å². The van der Waals surface area contributed by atoms with E-state index in [2.05, 4.69) is 5.32 Å². The first kappa shape index (κ1) is 12.4. The first-order chi connectivity index (χ1) is 5.87. The highest BCUT2D eigenvalue weighted by Gasteiger charge is 2.14. The van der Waals surface area contributed by atoms with Gasteiger partial charge in [0.15, 0.2) is 0 Å². The predicted octanol–water partition coefficient (Wildman–Crippen LogP) is -0.516. The summed E-state index contributed by atoms with van der Waals surface area (Å²) in [5, 5.41) is 11.2. The van der Waals surface area contributed by atoms with Gasteiger partial charge in [0.2, 0.25) is 0 Å². The molecule has 2 N–H and O–H groups in total. The average Bonchev–Trinajstić information content (AvgIpc) is 1.95. The number of carboxylic acids is 1. The zero-order chi connectivity index (χ0) is 10.5. The first-order valence-electron chi connectivity index (χ1n) is 4.00. The smallest absolute Gasteiger partial charge is 0.320 e. The van der Waals surface area contributed by atoms with Crippen molar-refractivity contribution in [1.82, 2.24) is 5.32 Å². The molecule has 5 nitrogen and oxygen atoms in total. The molecule has 0 aromatic heterocycles. The summed E-state index contributed by atoms with van der Waals surface area (Å²) >= 11 is 0. The molecule has 0 heterocycles. The molecule has 0 saturated heterocycles. The van der Waals surface area contributed by atoms with Gasteiger partial charge in [-0.05, 0) is 6.42 Å². The first-order valence-corrected chi connectivity index (χ1v) is 6.06. The lowest BCUT2D eigenvalue weighted by Gasteiger charge is -2.10. The molecule has 1 unspecified atom stereocenters. The minimum Gasteiger partial charge on any atom is -0.480 e. The van der Waals surface area contributed by atoms with Crippen LogP contribution in [0.2, 0.25) is 0 Å². The Kier molecular flexibility index (Phi) is 4.94. The Morgan fingerprint density at radius 3 is 2.38 bits per heavy atom. The molecule has 78 valence electrons. The zero-order valence-corrected chi connectivity index (χ0v) is 8.60. The van der Waals surface area contributed by atoms with Crippen LogP contribution in [0.25, 0.3) is 0 Å². The van der Waals surface area contributed by atoms with Crippen LogP contribution in [0, 0.1) is 0 Å². The third-order valence-corrected chi connectivity index (χ3v) is 2.52. The van der Waals surface area contributed by atoms with E-state index in [0.29, 0.717) is 6.42 Å². The second kappa shape index (κ2) is 5.18. The molecule has 0 rings (SSSR count). The molecule has 6 heteroatoms. The number of hydrogen-bond acceptors (Lipinski definition) is 4. The SMILES string of the molecule is CCC(NCCS(C)(=O)=O)C(=O)O. The number of hydrogen-bond donors (Lipinski definition) is 2. The summed E-state index contributed by atoms with van der Waals surface area (Å²) in [6.07, 6.45) is 1.56. The van der Waals surface area contributed by atoms with Crippen LogP contribution in [0.1, 0.15) is 13.3 Å². The molecule has 0 aliphatic rings. The Balaban J connectivity index is 3.81. The van der Waals surface area contributed by atoms with E-state index in [0.717, 1.165) is 6.26 Å². The maximum Gasteiger partial charge on any atom is 0.320 e. The van der Waals surface area contributed by atoms with Gasteiger partial charge in [0.05, 0.1) is 5.75 Å². The van der Waals surface area contributed by atoms with Crippen LogP contribution < -0.4 is 5.32 Å². The third kappa shape index (κ3) is 6.53. The fraction of sp³-hybridized carbons (Fsp3) is 0.857. The lowest BCUT2D eigenvalue weighted by Crippen LogP contribution is -2.38. The van der Waals surface area contributed by atoms with Crippen LogP contribution in [0.5, 0.6) is 0 Å². The van der Waals surface area contributed by atoms with Crippen molar-refractivity contribution < 1.29 is 18.3 Å². The summed E-state index contributed by atoms with van der Waals surface area (Å²) in [6, 6.07) is -0.651. The van der Waals surface area contributed by atoms with Crippen LogP contribution in [-0.2, 0) is 14.6 Å². The molecule has 0 aliphatic carbocycles. The largest absolute Gasteiger partial charge is 0.480 e. The Morgan fingerprint density at radius 2 is 2.08 bits per heavy atom. The van der Waals surface area contributed by atoms with E-state index in [1.165, 1.54) is 0 Å². The fourth-order valence-electron chi connectivity index (χ4n) is 0.825. The summed E-state index contributed by atoms with van der Waals surface area (Å²) in [4.78, 5) is 10.5. The summed E-state index contributed by atoms with van der Waals surface area (Å²) in [7, 11) is -3.01. The van der Waals surface area contributed by atoms with Gasteiger partial charge in [0.1, 0.15) is 15.9 Å². The molecule has 0 aromatic carbocycles. The summed E-state index contributed by atoms with van der Waals surface area (Å²) in [6.45, 7) is 1.91. The quantitative estimate of drug-likeness (QED) is 0.615. The van der Waals surface area contributed by atoms with Crippen LogP contribution in [0.3, 0.4) is 0 Å². The molecule has 0 aliphatic heterocycles. The third-order valence-electron chi connectivity index (χ3n) is 1.57. The molecule has 0 bridgehead atoms. The van der Waals surface area contributed by atoms with Crippen molar-refractivity contribution in [3.05, 3.63) is 0 Å². The van der Waals surface area contributed by atoms with Crippen molar-refractivity contribution >= 4 is 15.8 Å². The highest BCUT2D eigenvalue weighted by atomic mass is 32.2. The van der Waals surface area contributed by atoms with E-state index < -0.39 is 21.8 Å². The molecule has 0 fully saturated rings. The normalized spacial score (nSPS) is 14.0. The lowest BCUT2D eigenvalue weighted by molar-refractivity contribution is -0.139. The molecule has 0 spiro atoms. The fourth-order valence-corrected chi connectivity index (χ4v) is 1.31. The highest BCUT2D eigenvalue weighted by Crippen LogP contribution is 1.90. The summed E-state index contributed by atoms with van der Waals surface area (Å²) in [5.74, 6) is -0.979. The summed E-state index contributed by atoms with van der Waals surface area (Å²) < 4.78 is 21.4. The number of carbonyl (C=O) groups is 1. The maximum absolute atomic E-state index is 10.7. The van der Waals surface area contributed by atoms with Gasteiger partial charge in [0.25, 0.3) is 0 Å². The molecule has 0 saturated carbocycles. The number of sulfone groups is 1. The molecule has 0 amide bonds. The molecule has 1 atom stereocenters. The molecular weight excluding hydrogens is 194 g/mol. The molecule has 0 radical (unpaired) electrons. The molecule has 13 heavy (non-hydrogen) atoms. The van der Waals surface area contributed by atoms with Gasteiger partial charge >= 0.3 is 5.97 Å². The topological polar surface area (TPSA) is 83.5 Å². The Labute approximate surface area is 78.1 Å². The second-order valence-electron chi connectivity index (χ2n) is 2.88. The van der Waals surface area contributed by atoms with Gasteiger partial charge in [-0.15, -0.1) is 0 Å².